The highest BCUT2D eigenvalue weighted by atomic mass is 16.5. The van der Waals surface area contributed by atoms with Gasteiger partial charge in [0.05, 0.1) is 35.4 Å². The van der Waals surface area contributed by atoms with E-state index in [4.69, 9.17) is 9.15 Å². The number of ether oxygens (including phenoxy) is 1. The lowest BCUT2D eigenvalue weighted by Crippen LogP contribution is -2.07. The van der Waals surface area contributed by atoms with Crippen LogP contribution in [-0.2, 0) is 0 Å². The summed E-state index contributed by atoms with van der Waals surface area (Å²) in [6.45, 7) is 3.33. The van der Waals surface area contributed by atoms with E-state index < -0.39 is 0 Å². The SMILES string of the molecule is COc1c2ccoc2cc2c1c(C)nn2C(C)=O. The Hall–Kier alpha value is -2.30. The average molecular weight is 244 g/mol. The number of nitrogens with zero attached hydrogens (tertiary/aromatic N) is 2. The van der Waals surface area contributed by atoms with Crippen LogP contribution in [0.25, 0.3) is 21.9 Å². The average Bonchev–Trinajstić information content (AvgIpc) is 2.91. The molecule has 18 heavy (non-hydrogen) atoms. The number of aryl methyl sites for hydroxylation is 1. The quantitative estimate of drug-likeness (QED) is 0.660. The maximum Gasteiger partial charge on any atom is 0.244 e. The maximum absolute atomic E-state index is 11.6. The Morgan fingerprint density at radius 3 is 2.94 bits per heavy atom. The van der Waals surface area contributed by atoms with E-state index in [2.05, 4.69) is 5.10 Å². The molecule has 5 nitrogen and oxygen atoms in total. The molecule has 92 valence electrons. The molecule has 0 fully saturated rings. The van der Waals surface area contributed by atoms with Crippen molar-refractivity contribution in [3.05, 3.63) is 24.1 Å². The van der Waals surface area contributed by atoms with Gasteiger partial charge in [-0.15, -0.1) is 0 Å². The first-order chi connectivity index (χ1) is 8.63. The number of benzene rings is 1. The Kier molecular flexibility index (Phi) is 2.16. The first kappa shape index (κ1) is 10.8. The van der Waals surface area contributed by atoms with Gasteiger partial charge in [0, 0.05) is 13.0 Å². The Labute approximate surface area is 103 Å². The van der Waals surface area contributed by atoms with Gasteiger partial charge in [0.2, 0.25) is 5.91 Å². The highest BCUT2D eigenvalue weighted by Crippen LogP contribution is 2.37. The largest absolute Gasteiger partial charge is 0.495 e. The summed E-state index contributed by atoms with van der Waals surface area (Å²) in [5.41, 5.74) is 2.15. The van der Waals surface area contributed by atoms with Gasteiger partial charge in [0.25, 0.3) is 0 Å². The molecule has 5 heteroatoms. The lowest BCUT2D eigenvalue weighted by molar-refractivity contribution is 0.0926. The Bertz CT molecular complexity index is 767. The van der Waals surface area contributed by atoms with Crippen LogP contribution >= 0.6 is 0 Å². The van der Waals surface area contributed by atoms with Gasteiger partial charge in [-0.2, -0.15) is 9.78 Å². The van der Waals surface area contributed by atoms with Gasteiger partial charge in [-0.25, -0.2) is 0 Å². The third kappa shape index (κ3) is 1.27. The van der Waals surface area contributed by atoms with E-state index in [1.54, 1.807) is 13.4 Å². The molecule has 0 amide bonds. The number of rotatable bonds is 1. The highest BCUT2D eigenvalue weighted by Gasteiger charge is 2.18. The van der Waals surface area contributed by atoms with Gasteiger partial charge in [-0.1, -0.05) is 0 Å². The van der Waals surface area contributed by atoms with Gasteiger partial charge in [-0.05, 0) is 13.0 Å². The van der Waals surface area contributed by atoms with Crippen molar-refractivity contribution in [2.45, 2.75) is 13.8 Å². The molecule has 2 heterocycles. The van der Waals surface area contributed by atoms with Crippen molar-refractivity contribution in [1.82, 2.24) is 9.78 Å². The normalized spacial score (nSPS) is 11.3. The minimum atomic E-state index is -0.138. The molecule has 3 aromatic rings. The molecule has 0 spiro atoms. The van der Waals surface area contributed by atoms with Crippen LogP contribution < -0.4 is 4.74 Å². The van der Waals surface area contributed by atoms with Gasteiger partial charge >= 0.3 is 0 Å². The lowest BCUT2D eigenvalue weighted by atomic mass is 10.1. The summed E-state index contributed by atoms with van der Waals surface area (Å²) in [6.07, 6.45) is 1.60. The standard InChI is InChI=1S/C13H12N2O3/c1-7-12-10(15(14-7)8(2)16)6-11-9(4-5-18-11)13(12)17-3/h4-6H,1-3H3. The van der Waals surface area contributed by atoms with E-state index in [1.807, 2.05) is 19.1 Å². The van der Waals surface area contributed by atoms with Crippen LogP contribution in [0.3, 0.4) is 0 Å². The second kappa shape index (κ2) is 3.60. The van der Waals surface area contributed by atoms with E-state index in [0.717, 1.165) is 16.5 Å². The smallest absolute Gasteiger partial charge is 0.244 e. The van der Waals surface area contributed by atoms with Crippen molar-refractivity contribution >= 4 is 27.8 Å². The van der Waals surface area contributed by atoms with Crippen LogP contribution in [0.5, 0.6) is 5.75 Å². The van der Waals surface area contributed by atoms with Crippen LogP contribution in [0, 0.1) is 6.92 Å². The molecule has 0 aliphatic carbocycles. The van der Waals surface area contributed by atoms with E-state index >= 15 is 0 Å². The first-order valence-corrected chi connectivity index (χ1v) is 5.58. The van der Waals surface area contributed by atoms with E-state index in [-0.39, 0.29) is 5.91 Å². The van der Waals surface area contributed by atoms with Crippen molar-refractivity contribution in [3.63, 3.8) is 0 Å². The number of hydrogen-bond donors (Lipinski definition) is 0. The van der Waals surface area contributed by atoms with Crippen LogP contribution in [0.2, 0.25) is 0 Å². The molecule has 3 rings (SSSR count). The number of hydrogen-bond acceptors (Lipinski definition) is 4. The van der Waals surface area contributed by atoms with Crippen LogP contribution in [0.4, 0.5) is 0 Å². The third-order valence-corrected chi connectivity index (χ3v) is 3.03. The molecule has 0 bridgehead atoms. The van der Waals surface area contributed by atoms with Gasteiger partial charge < -0.3 is 9.15 Å². The van der Waals surface area contributed by atoms with Gasteiger partial charge in [-0.3, -0.25) is 4.79 Å². The van der Waals surface area contributed by atoms with E-state index in [9.17, 15) is 4.79 Å². The molecule has 2 aromatic heterocycles. The summed E-state index contributed by atoms with van der Waals surface area (Å²) in [5.74, 6) is 0.558. The van der Waals surface area contributed by atoms with Crippen molar-refractivity contribution in [3.8, 4) is 5.75 Å². The van der Waals surface area contributed by atoms with Crippen LogP contribution in [-0.4, -0.2) is 22.8 Å². The molecule has 0 N–H and O–H groups in total. The second-order valence-electron chi connectivity index (χ2n) is 4.15. The zero-order chi connectivity index (χ0) is 12.9. The molecule has 0 unspecified atom stereocenters. The zero-order valence-electron chi connectivity index (χ0n) is 10.4. The van der Waals surface area contributed by atoms with Crippen LogP contribution in [0.1, 0.15) is 17.4 Å². The fourth-order valence-corrected chi connectivity index (χ4v) is 2.29. The van der Waals surface area contributed by atoms with E-state index in [1.165, 1.54) is 11.6 Å². The minimum Gasteiger partial charge on any atom is -0.495 e. The topological polar surface area (TPSA) is 57.3 Å². The molecule has 0 aliphatic heterocycles. The number of methoxy groups -OCH3 is 1. The second-order valence-corrected chi connectivity index (χ2v) is 4.15. The summed E-state index contributed by atoms with van der Waals surface area (Å²) in [4.78, 5) is 11.6. The Morgan fingerprint density at radius 1 is 1.50 bits per heavy atom. The fourth-order valence-electron chi connectivity index (χ4n) is 2.29. The molecule has 1 aromatic carbocycles. The highest BCUT2D eigenvalue weighted by molar-refractivity contribution is 6.05. The molecule has 0 saturated carbocycles. The fraction of sp³-hybridized carbons (Fsp3) is 0.231. The van der Waals surface area contributed by atoms with Crippen molar-refractivity contribution in [2.24, 2.45) is 0 Å². The molecular weight excluding hydrogens is 232 g/mol. The number of furan rings is 1. The summed E-state index contributed by atoms with van der Waals surface area (Å²) in [7, 11) is 1.60. The summed E-state index contributed by atoms with van der Waals surface area (Å²) in [6, 6.07) is 3.66. The van der Waals surface area contributed by atoms with Crippen molar-refractivity contribution in [1.29, 1.82) is 0 Å². The zero-order valence-corrected chi connectivity index (χ0v) is 10.4. The number of carbonyl (C=O) groups excluding carboxylic acids is 1. The first-order valence-electron chi connectivity index (χ1n) is 5.58. The predicted octanol–water partition coefficient (Wildman–Crippen LogP) is 2.76. The monoisotopic (exact) mass is 244 g/mol. The predicted molar refractivity (Wildman–Crippen MR) is 67.1 cm³/mol. The molecule has 0 saturated heterocycles. The summed E-state index contributed by atoms with van der Waals surface area (Å²) < 4.78 is 12.2. The van der Waals surface area contributed by atoms with Crippen molar-refractivity contribution < 1.29 is 13.9 Å². The number of carbonyl (C=O) groups is 1. The molecule has 0 radical (unpaired) electrons. The molecular formula is C13H12N2O3. The number of fused-ring (bicyclic) bond motifs is 2. The van der Waals surface area contributed by atoms with Crippen molar-refractivity contribution in [2.75, 3.05) is 7.11 Å². The maximum atomic E-state index is 11.6. The molecule has 0 atom stereocenters. The van der Waals surface area contributed by atoms with Crippen LogP contribution in [0.15, 0.2) is 22.8 Å². The summed E-state index contributed by atoms with van der Waals surface area (Å²) >= 11 is 0. The minimum absolute atomic E-state index is 0.138. The Balaban J connectivity index is 2.56. The number of aromatic nitrogens is 2. The van der Waals surface area contributed by atoms with Gasteiger partial charge in [0.15, 0.2) is 0 Å². The van der Waals surface area contributed by atoms with Gasteiger partial charge in [0.1, 0.15) is 11.3 Å². The third-order valence-electron chi connectivity index (χ3n) is 3.03. The van der Waals surface area contributed by atoms with E-state index in [0.29, 0.717) is 16.8 Å². The summed E-state index contributed by atoms with van der Waals surface area (Å²) in [5, 5.41) is 5.98. The lowest BCUT2D eigenvalue weighted by Gasteiger charge is -2.04. The molecule has 0 aliphatic rings. The Morgan fingerprint density at radius 2 is 2.28 bits per heavy atom.